The van der Waals surface area contributed by atoms with E-state index >= 15 is 0 Å². The van der Waals surface area contributed by atoms with Crippen LogP contribution in [0.3, 0.4) is 0 Å². The third-order valence-corrected chi connectivity index (χ3v) is 5.12. The average Bonchev–Trinajstić information content (AvgIpc) is 3.22. The Morgan fingerprint density at radius 2 is 1.88 bits per heavy atom. The SMILES string of the molecule is Cc1ccc(-n2ncc(C(=O)[C@H]3CCCN3C(=O)C3CC3)c2N)cc1. The van der Waals surface area contributed by atoms with E-state index in [1.807, 2.05) is 31.2 Å². The van der Waals surface area contributed by atoms with Crippen LogP contribution in [-0.4, -0.2) is 39.0 Å². The van der Waals surface area contributed by atoms with Crippen molar-refractivity contribution in [1.82, 2.24) is 14.7 Å². The molecule has 1 saturated carbocycles. The van der Waals surface area contributed by atoms with Crippen LogP contribution in [0, 0.1) is 12.8 Å². The van der Waals surface area contributed by atoms with Crippen LogP contribution in [0.4, 0.5) is 5.82 Å². The number of hydrogen-bond acceptors (Lipinski definition) is 4. The van der Waals surface area contributed by atoms with Crippen molar-refractivity contribution in [3.05, 3.63) is 41.6 Å². The predicted octanol–water partition coefficient (Wildman–Crippen LogP) is 2.35. The number of benzene rings is 1. The summed E-state index contributed by atoms with van der Waals surface area (Å²) in [5.41, 5.74) is 8.58. The van der Waals surface area contributed by atoms with Gasteiger partial charge in [0.2, 0.25) is 5.91 Å². The standard InChI is InChI=1S/C19H22N4O2/c1-12-4-8-14(9-5-12)23-18(20)15(11-21-23)17(24)16-3-2-10-22(16)19(25)13-6-7-13/h4-5,8-9,11,13,16H,2-3,6-7,10,20H2,1H3/t16-/m1/s1. The van der Waals surface area contributed by atoms with Gasteiger partial charge in [-0.2, -0.15) is 5.10 Å². The van der Waals surface area contributed by atoms with Crippen LogP contribution in [0.5, 0.6) is 0 Å². The van der Waals surface area contributed by atoms with Crippen molar-refractivity contribution in [3.8, 4) is 5.69 Å². The lowest BCUT2D eigenvalue weighted by atomic mass is 10.0. The molecule has 25 heavy (non-hydrogen) atoms. The Morgan fingerprint density at radius 1 is 1.16 bits per heavy atom. The lowest BCUT2D eigenvalue weighted by Crippen LogP contribution is -2.41. The molecule has 0 radical (unpaired) electrons. The first-order valence-electron chi connectivity index (χ1n) is 8.81. The minimum Gasteiger partial charge on any atom is -0.383 e. The summed E-state index contributed by atoms with van der Waals surface area (Å²) in [7, 11) is 0. The maximum Gasteiger partial charge on any atom is 0.226 e. The molecule has 1 aliphatic carbocycles. The molecule has 2 aromatic rings. The Labute approximate surface area is 146 Å². The molecule has 130 valence electrons. The second-order valence-electron chi connectivity index (χ2n) is 7.02. The summed E-state index contributed by atoms with van der Waals surface area (Å²) in [5.74, 6) is 0.489. The van der Waals surface area contributed by atoms with Gasteiger partial charge in [0, 0.05) is 12.5 Å². The van der Waals surface area contributed by atoms with E-state index in [1.165, 1.54) is 6.20 Å². The number of nitrogen functional groups attached to an aromatic ring is 1. The Hall–Kier alpha value is -2.63. The van der Waals surface area contributed by atoms with Crippen LogP contribution in [0.1, 0.15) is 41.6 Å². The number of anilines is 1. The molecule has 1 amide bonds. The minimum absolute atomic E-state index is 0.0950. The molecule has 2 N–H and O–H groups in total. The number of hydrogen-bond donors (Lipinski definition) is 1. The first-order valence-corrected chi connectivity index (χ1v) is 8.81. The molecule has 1 saturated heterocycles. The van der Waals surface area contributed by atoms with Gasteiger partial charge in [-0.05, 0) is 44.7 Å². The van der Waals surface area contributed by atoms with E-state index in [0.29, 0.717) is 24.3 Å². The van der Waals surface area contributed by atoms with E-state index in [4.69, 9.17) is 5.73 Å². The number of ketones is 1. The molecule has 2 aliphatic rings. The lowest BCUT2D eigenvalue weighted by Gasteiger charge is -2.23. The molecule has 0 unspecified atom stereocenters. The fourth-order valence-corrected chi connectivity index (χ4v) is 3.49. The van der Waals surface area contributed by atoms with Crippen LogP contribution in [0.2, 0.25) is 0 Å². The number of carbonyl (C=O) groups excluding carboxylic acids is 2. The first-order chi connectivity index (χ1) is 12.1. The van der Waals surface area contributed by atoms with Gasteiger partial charge in [-0.1, -0.05) is 17.7 Å². The van der Waals surface area contributed by atoms with E-state index in [9.17, 15) is 9.59 Å². The van der Waals surface area contributed by atoms with Crippen molar-refractivity contribution < 1.29 is 9.59 Å². The molecule has 0 spiro atoms. The normalized spacial score (nSPS) is 20.0. The highest BCUT2D eigenvalue weighted by Crippen LogP contribution is 2.34. The molecule has 0 bridgehead atoms. The van der Waals surface area contributed by atoms with Gasteiger partial charge in [-0.15, -0.1) is 0 Å². The lowest BCUT2D eigenvalue weighted by molar-refractivity contribution is -0.132. The second-order valence-corrected chi connectivity index (χ2v) is 7.02. The van der Waals surface area contributed by atoms with Gasteiger partial charge in [-0.3, -0.25) is 9.59 Å². The zero-order valence-electron chi connectivity index (χ0n) is 14.3. The summed E-state index contributed by atoms with van der Waals surface area (Å²) < 4.78 is 1.58. The van der Waals surface area contributed by atoms with Gasteiger partial charge >= 0.3 is 0 Å². The number of aryl methyl sites for hydroxylation is 1. The smallest absolute Gasteiger partial charge is 0.226 e. The van der Waals surface area contributed by atoms with Crippen molar-refractivity contribution in [3.63, 3.8) is 0 Å². The molecule has 2 fully saturated rings. The zero-order valence-corrected chi connectivity index (χ0v) is 14.3. The highest BCUT2D eigenvalue weighted by molar-refractivity contribution is 6.05. The molecule has 6 nitrogen and oxygen atoms in total. The number of likely N-dealkylation sites (tertiary alicyclic amines) is 1. The van der Waals surface area contributed by atoms with Gasteiger partial charge in [0.05, 0.1) is 23.5 Å². The van der Waals surface area contributed by atoms with Crippen molar-refractivity contribution in [1.29, 1.82) is 0 Å². The predicted molar refractivity (Wildman–Crippen MR) is 94.5 cm³/mol. The van der Waals surface area contributed by atoms with Crippen LogP contribution in [0.15, 0.2) is 30.5 Å². The molecular weight excluding hydrogens is 316 g/mol. The van der Waals surface area contributed by atoms with Gasteiger partial charge in [0.15, 0.2) is 5.78 Å². The summed E-state index contributed by atoms with van der Waals surface area (Å²) >= 11 is 0. The quantitative estimate of drug-likeness (QED) is 0.868. The van der Waals surface area contributed by atoms with E-state index < -0.39 is 6.04 Å². The number of Topliss-reactive ketones (excluding diaryl/α,β-unsaturated/α-hetero) is 1. The van der Waals surface area contributed by atoms with Crippen LogP contribution < -0.4 is 5.73 Å². The van der Waals surface area contributed by atoms with Crippen molar-refractivity contribution in [2.75, 3.05) is 12.3 Å². The van der Waals surface area contributed by atoms with Crippen molar-refractivity contribution in [2.24, 2.45) is 5.92 Å². The van der Waals surface area contributed by atoms with Gasteiger partial charge < -0.3 is 10.6 Å². The number of carbonyl (C=O) groups is 2. The van der Waals surface area contributed by atoms with Crippen LogP contribution in [0.25, 0.3) is 5.69 Å². The van der Waals surface area contributed by atoms with Gasteiger partial charge in [-0.25, -0.2) is 4.68 Å². The zero-order chi connectivity index (χ0) is 17.6. The fraction of sp³-hybridized carbons (Fsp3) is 0.421. The number of nitrogens with two attached hydrogens (primary N) is 1. The van der Waals surface area contributed by atoms with Crippen LogP contribution >= 0.6 is 0 Å². The summed E-state index contributed by atoms with van der Waals surface area (Å²) in [4.78, 5) is 27.2. The maximum absolute atomic E-state index is 13.0. The number of rotatable bonds is 4. The Kier molecular flexibility index (Phi) is 3.82. The first kappa shape index (κ1) is 15.9. The van der Waals surface area contributed by atoms with E-state index in [-0.39, 0.29) is 17.6 Å². The third-order valence-electron chi connectivity index (χ3n) is 5.12. The summed E-state index contributed by atoms with van der Waals surface area (Å²) in [6.45, 7) is 2.68. The highest BCUT2D eigenvalue weighted by atomic mass is 16.2. The molecule has 4 rings (SSSR count). The minimum atomic E-state index is -0.397. The number of amides is 1. The van der Waals surface area contributed by atoms with Crippen molar-refractivity contribution >= 4 is 17.5 Å². The summed E-state index contributed by atoms with van der Waals surface area (Å²) in [6.07, 6.45) is 4.98. The number of aromatic nitrogens is 2. The maximum atomic E-state index is 13.0. The highest BCUT2D eigenvalue weighted by Gasteiger charge is 2.41. The Bertz CT molecular complexity index is 820. The number of nitrogens with zero attached hydrogens (tertiary/aromatic N) is 3. The largest absolute Gasteiger partial charge is 0.383 e. The van der Waals surface area contributed by atoms with Gasteiger partial charge in [0.25, 0.3) is 0 Å². The Balaban J connectivity index is 1.60. The molecule has 1 atom stereocenters. The van der Waals surface area contributed by atoms with E-state index in [0.717, 1.165) is 30.5 Å². The molecule has 1 aliphatic heterocycles. The van der Waals surface area contributed by atoms with Crippen LogP contribution in [-0.2, 0) is 4.79 Å². The molecule has 6 heteroatoms. The molecular formula is C19H22N4O2. The summed E-state index contributed by atoms with van der Waals surface area (Å²) in [5, 5.41) is 4.29. The topological polar surface area (TPSA) is 81.2 Å². The second kappa shape index (κ2) is 6.02. The monoisotopic (exact) mass is 338 g/mol. The Morgan fingerprint density at radius 3 is 2.56 bits per heavy atom. The average molecular weight is 338 g/mol. The molecule has 2 heterocycles. The van der Waals surface area contributed by atoms with E-state index in [1.54, 1.807) is 9.58 Å². The van der Waals surface area contributed by atoms with Crippen molar-refractivity contribution in [2.45, 2.75) is 38.6 Å². The van der Waals surface area contributed by atoms with Gasteiger partial charge in [0.1, 0.15) is 5.82 Å². The fourth-order valence-electron chi connectivity index (χ4n) is 3.49. The molecule has 1 aromatic carbocycles. The van der Waals surface area contributed by atoms with E-state index in [2.05, 4.69) is 5.10 Å². The third kappa shape index (κ3) is 2.81. The molecule has 1 aromatic heterocycles. The summed E-state index contributed by atoms with van der Waals surface area (Å²) in [6, 6.07) is 7.40.